The Morgan fingerprint density at radius 1 is 1.31 bits per heavy atom. The quantitative estimate of drug-likeness (QED) is 0.681. The molecule has 0 aliphatic heterocycles. The number of nitriles is 1. The topological polar surface area (TPSA) is 36.7 Å². The summed E-state index contributed by atoms with van der Waals surface area (Å²) in [5.41, 5.74) is 2.53. The Hall–Kier alpha value is -2.21. The van der Waals surface area contributed by atoms with Crippen LogP contribution >= 0.6 is 0 Å². The Balaban J connectivity index is 2.59. The van der Waals surface area contributed by atoms with Crippen molar-refractivity contribution in [2.24, 2.45) is 0 Å². The van der Waals surface area contributed by atoms with Crippen LogP contribution in [0.25, 0.3) is 11.1 Å². The summed E-state index contributed by atoms with van der Waals surface area (Å²) in [5.74, 6) is -0.518. The van der Waals surface area contributed by atoms with Crippen molar-refractivity contribution >= 4 is 0 Å². The molecule has 0 amide bonds. The highest BCUT2D eigenvalue weighted by atomic mass is 19.1. The van der Waals surface area contributed by atoms with Gasteiger partial charge in [-0.1, -0.05) is 12.1 Å². The maximum atomic E-state index is 13.4. The van der Waals surface area contributed by atoms with Crippen LogP contribution in [-0.4, -0.2) is 4.98 Å². The van der Waals surface area contributed by atoms with Gasteiger partial charge in [0, 0.05) is 11.8 Å². The molecule has 0 spiro atoms. The first-order valence-electron chi connectivity index (χ1n) is 4.84. The maximum Gasteiger partial charge on any atom is 0.220 e. The molecule has 0 aliphatic carbocycles. The molecule has 0 radical (unpaired) electrons. The smallest absolute Gasteiger partial charge is 0.220 e. The lowest BCUT2D eigenvalue weighted by atomic mass is 10.0. The molecule has 16 heavy (non-hydrogen) atoms. The first-order chi connectivity index (χ1) is 7.72. The van der Waals surface area contributed by atoms with Gasteiger partial charge in [0.2, 0.25) is 5.95 Å². The van der Waals surface area contributed by atoms with E-state index in [1.807, 2.05) is 6.92 Å². The van der Waals surface area contributed by atoms with Crippen LogP contribution in [0.1, 0.15) is 11.1 Å². The molecule has 1 heterocycles. The first-order valence-corrected chi connectivity index (χ1v) is 4.84. The van der Waals surface area contributed by atoms with E-state index in [4.69, 9.17) is 5.26 Å². The number of aryl methyl sites for hydroxylation is 1. The van der Waals surface area contributed by atoms with E-state index in [0.717, 1.165) is 5.56 Å². The van der Waals surface area contributed by atoms with Gasteiger partial charge < -0.3 is 0 Å². The predicted molar refractivity (Wildman–Crippen MR) is 59.1 cm³/mol. The summed E-state index contributed by atoms with van der Waals surface area (Å²) >= 11 is 0. The fourth-order valence-corrected chi connectivity index (χ4v) is 1.51. The molecule has 0 N–H and O–H groups in total. The summed E-state index contributed by atoms with van der Waals surface area (Å²) in [6, 6.07) is 10.7. The second kappa shape index (κ2) is 4.11. The number of halogens is 1. The van der Waals surface area contributed by atoms with Gasteiger partial charge >= 0.3 is 0 Å². The lowest BCUT2D eigenvalue weighted by Crippen LogP contribution is -1.89. The number of pyridine rings is 1. The highest BCUT2D eigenvalue weighted by molar-refractivity contribution is 5.65. The summed E-state index contributed by atoms with van der Waals surface area (Å²) in [6.07, 6.45) is 1.40. The van der Waals surface area contributed by atoms with Crippen LogP contribution in [0.4, 0.5) is 4.39 Å². The second-order valence-corrected chi connectivity index (χ2v) is 3.48. The van der Waals surface area contributed by atoms with E-state index in [0.29, 0.717) is 16.7 Å². The van der Waals surface area contributed by atoms with Gasteiger partial charge in [-0.25, -0.2) is 4.98 Å². The highest BCUT2D eigenvalue weighted by Gasteiger charge is 2.06. The number of rotatable bonds is 1. The van der Waals surface area contributed by atoms with Crippen LogP contribution in [0.5, 0.6) is 0 Å². The van der Waals surface area contributed by atoms with Gasteiger partial charge in [-0.05, 0) is 36.2 Å². The zero-order valence-electron chi connectivity index (χ0n) is 8.74. The molecule has 0 saturated carbocycles. The third-order valence-corrected chi connectivity index (χ3v) is 2.43. The average Bonchev–Trinajstić information content (AvgIpc) is 2.31. The van der Waals surface area contributed by atoms with Crippen LogP contribution in [0.3, 0.4) is 0 Å². The zero-order chi connectivity index (χ0) is 11.5. The number of hydrogen-bond donors (Lipinski definition) is 0. The van der Waals surface area contributed by atoms with Crippen molar-refractivity contribution < 1.29 is 4.39 Å². The predicted octanol–water partition coefficient (Wildman–Crippen LogP) is 3.07. The van der Waals surface area contributed by atoms with Crippen molar-refractivity contribution in [3.8, 4) is 17.2 Å². The minimum absolute atomic E-state index is 0.416. The Labute approximate surface area is 93.0 Å². The third kappa shape index (κ3) is 1.78. The van der Waals surface area contributed by atoms with Gasteiger partial charge in [-0.2, -0.15) is 9.65 Å². The molecule has 2 aromatic rings. The molecule has 3 heteroatoms. The van der Waals surface area contributed by atoms with Gasteiger partial charge in [-0.3, -0.25) is 0 Å². The number of nitrogens with zero attached hydrogens (tertiary/aromatic N) is 2. The van der Waals surface area contributed by atoms with E-state index in [9.17, 15) is 4.39 Å². The SMILES string of the molecule is Cc1ccc(-c2cccnc2F)cc1C#N. The summed E-state index contributed by atoms with van der Waals surface area (Å²) in [6.45, 7) is 1.85. The normalized spacial score (nSPS) is 9.81. The fourth-order valence-electron chi connectivity index (χ4n) is 1.51. The van der Waals surface area contributed by atoms with E-state index in [1.165, 1.54) is 6.20 Å². The Morgan fingerprint density at radius 2 is 2.12 bits per heavy atom. The molecule has 78 valence electrons. The monoisotopic (exact) mass is 212 g/mol. The molecule has 2 rings (SSSR count). The average molecular weight is 212 g/mol. The fraction of sp³-hybridized carbons (Fsp3) is 0.0769. The number of hydrogen-bond acceptors (Lipinski definition) is 2. The van der Waals surface area contributed by atoms with Gasteiger partial charge in [0.25, 0.3) is 0 Å². The van der Waals surface area contributed by atoms with E-state index in [2.05, 4.69) is 11.1 Å². The van der Waals surface area contributed by atoms with Crippen molar-refractivity contribution in [3.63, 3.8) is 0 Å². The molecule has 0 atom stereocenters. The van der Waals surface area contributed by atoms with Crippen LogP contribution in [0, 0.1) is 24.2 Å². The van der Waals surface area contributed by atoms with Crippen molar-refractivity contribution in [3.05, 3.63) is 53.6 Å². The van der Waals surface area contributed by atoms with E-state index in [-0.39, 0.29) is 0 Å². The standard InChI is InChI=1S/C13H9FN2/c1-9-4-5-10(7-11(9)8-15)12-3-2-6-16-13(12)14/h2-7H,1H3. The lowest BCUT2D eigenvalue weighted by Gasteiger charge is -2.04. The Bertz CT molecular complexity index is 570. The Morgan fingerprint density at radius 3 is 2.81 bits per heavy atom. The maximum absolute atomic E-state index is 13.4. The largest absolute Gasteiger partial charge is 0.228 e. The number of aromatic nitrogens is 1. The van der Waals surface area contributed by atoms with Gasteiger partial charge in [-0.15, -0.1) is 0 Å². The summed E-state index contributed by atoms with van der Waals surface area (Å²) in [5, 5.41) is 8.90. The molecule has 0 unspecified atom stereocenters. The highest BCUT2D eigenvalue weighted by Crippen LogP contribution is 2.23. The molecule has 0 saturated heterocycles. The molecular weight excluding hydrogens is 203 g/mol. The molecule has 2 nitrogen and oxygen atoms in total. The number of benzene rings is 1. The Kier molecular flexibility index (Phi) is 2.65. The van der Waals surface area contributed by atoms with Crippen LogP contribution < -0.4 is 0 Å². The van der Waals surface area contributed by atoms with Crippen molar-refractivity contribution in [1.29, 1.82) is 5.26 Å². The molecule has 0 fully saturated rings. The molecule has 0 bridgehead atoms. The van der Waals surface area contributed by atoms with E-state index in [1.54, 1.807) is 30.3 Å². The van der Waals surface area contributed by atoms with Crippen molar-refractivity contribution in [1.82, 2.24) is 4.98 Å². The summed E-state index contributed by atoms with van der Waals surface area (Å²) in [7, 11) is 0. The van der Waals surface area contributed by atoms with Crippen LogP contribution in [0.15, 0.2) is 36.5 Å². The van der Waals surface area contributed by atoms with Crippen LogP contribution in [0.2, 0.25) is 0 Å². The minimum Gasteiger partial charge on any atom is -0.228 e. The van der Waals surface area contributed by atoms with Gasteiger partial charge in [0.05, 0.1) is 11.6 Å². The minimum atomic E-state index is -0.518. The zero-order valence-corrected chi connectivity index (χ0v) is 8.74. The van der Waals surface area contributed by atoms with E-state index < -0.39 is 5.95 Å². The van der Waals surface area contributed by atoms with Gasteiger partial charge in [0.15, 0.2) is 0 Å². The summed E-state index contributed by atoms with van der Waals surface area (Å²) in [4.78, 5) is 3.58. The molecular formula is C13H9FN2. The lowest BCUT2D eigenvalue weighted by molar-refractivity contribution is 0.587. The first kappa shape index (κ1) is 10.3. The summed E-state index contributed by atoms with van der Waals surface area (Å²) < 4.78 is 13.4. The van der Waals surface area contributed by atoms with Crippen molar-refractivity contribution in [2.45, 2.75) is 6.92 Å². The van der Waals surface area contributed by atoms with Crippen LogP contribution in [-0.2, 0) is 0 Å². The third-order valence-electron chi connectivity index (χ3n) is 2.43. The van der Waals surface area contributed by atoms with Gasteiger partial charge in [0.1, 0.15) is 0 Å². The second-order valence-electron chi connectivity index (χ2n) is 3.48. The molecule has 1 aromatic heterocycles. The van der Waals surface area contributed by atoms with Crippen molar-refractivity contribution in [2.75, 3.05) is 0 Å². The molecule has 0 aliphatic rings. The molecule has 1 aromatic carbocycles. The van der Waals surface area contributed by atoms with E-state index >= 15 is 0 Å².